The molecule has 160 valence electrons. The summed E-state index contributed by atoms with van der Waals surface area (Å²) in [5.41, 5.74) is 0.521. The first kappa shape index (κ1) is 22.1. The summed E-state index contributed by atoms with van der Waals surface area (Å²) in [4.78, 5) is 43.3. The first-order valence-electron chi connectivity index (χ1n) is 9.23. The number of anilines is 1. The van der Waals surface area contributed by atoms with E-state index in [4.69, 9.17) is 23.2 Å². The van der Waals surface area contributed by atoms with Gasteiger partial charge in [-0.05, 0) is 31.7 Å². The number of imidazole rings is 1. The molecule has 0 radical (unpaired) electrons. The van der Waals surface area contributed by atoms with Gasteiger partial charge in [-0.15, -0.1) is 0 Å². The number of carbonyl (C=O) groups is 1. The van der Waals surface area contributed by atoms with Gasteiger partial charge in [-0.25, -0.2) is 9.78 Å². The Bertz CT molecular complexity index is 1210. The van der Waals surface area contributed by atoms with Gasteiger partial charge in [0.2, 0.25) is 5.91 Å². The molecule has 0 unspecified atom stereocenters. The molecule has 0 saturated carbocycles. The van der Waals surface area contributed by atoms with E-state index in [1.807, 2.05) is 4.90 Å². The predicted octanol–water partition coefficient (Wildman–Crippen LogP) is 1.70. The van der Waals surface area contributed by atoms with Gasteiger partial charge in [-0.2, -0.15) is 0 Å². The highest BCUT2D eigenvalue weighted by atomic mass is 35.5. The Morgan fingerprint density at radius 3 is 2.63 bits per heavy atom. The molecule has 0 aliphatic rings. The number of benzene rings is 1. The maximum atomic E-state index is 12.7. The van der Waals surface area contributed by atoms with E-state index in [9.17, 15) is 14.4 Å². The van der Waals surface area contributed by atoms with E-state index < -0.39 is 5.69 Å². The third-order valence-electron chi connectivity index (χ3n) is 4.74. The molecule has 0 bridgehead atoms. The summed E-state index contributed by atoms with van der Waals surface area (Å²) in [6.45, 7) is 0.910. The van der Waals surface area contributed by atoms with Crippen LogP contribution in [-0.4, -0.2) is 49.6 Å². The molecule has 9 nitrogen and oxygen atoms in total. The maximum Gasteiger partial charge on any atom is 0.332 e. The lowest BCUT2D eigenvalue weighted by Crippen LogP contribution is -2.40. The molecule has 2 aromatic heterocycles. The van der Waals surface area contributed by atoms with Crippen molar-refractivity contribution in [2.75, 3.05) is 25.5 Å². The topological polar surface area (TPSA) is 94.2 Å². The van der Waals surface area contributed by atoms with Crippen LogP contribution in [0.25, 0.3) is 11.2 Å². The number of amides is 1. The summed E-state index contributed by atoms with van der Waals surface area (Å²) in [7, 11) is 5.10. The highest BCUT2D eigenvalue weighted by Crippen LogP contribution is 2.24. The van der Waals surface area contributed by atoms with Crippen LogP contribution in [0.1, 0.15) is 6.42 Å². The Morgan fingerprint density at radius 1 is 1.20 bits per heavy atom. The second-order valence-electron chi connectivity index (χ2n) is 7.09. The number of likely N-dealkylation sites (N-methyl/N-ethyl adjacent to an activating group) is 1. The van der Waals surface area contributed by atoms with E-state index in [1.54, 1.807) is 43.9 Å². The summed E-state index contributed by atoms with van der Waals surface area (Å²) in [5, 5.41) is 3.53. The average Bonchev–Trinajstić information content (AvgIpc) is 3.07. The molecule has 2 heterocycles. The van der Waals surface area contributed by atoms with Crippen molar-refractivity contribution in [1.82, 2.24) is 23.6 Å². The summed E-state index contributed by atoms with van der Waals surface area (Å²) >= 11 is 11.8. The molecule has 0 saturated heterocycles. The smallest absolute Gasteiger partial charge is 0.328 e. The number of aryl methyl sites for hydroxylation is 2. The molecule has 0 atom stereocenters. The highest BCUT2D eigenvalue weighted by molar-refractivity contribution is 6.42. The lowest BCUT2D eigenvalue weighted by atomic mass is 10.3. The predicted molar refractivity (Wildman–Crippen MR) is 117 cm³/mol. The fraction of sp³-hybridized carbons (Fsp3) is 0.368. The normalized spacial score (nSPS) is 11.4. The van der Waals surface area contributed by atoms with Crippen LogP contribution in [-0.2, 0) is 25.4 Å². The van der Waals surface area contributed by atoms with Gasteiger partial charge in [0.1, 0.15) is 0 Å². The van der Waals surface area contributed by atoms with Crippen molar-refractivity contribution in [3.8, 4) is 0 Å². The Labute approximate surface area is 182 Å². The molecule has 0 aliphatic heterocycles. The van der Waals surface area contributed by atoms with Gasteiger partial charge in [0.25, 0.3) is 5.56 Å². The molecule has 1 amide bonds. The van der Waals surface area contributed by atoms with Gasteiger partial charge < -0.3 is 9.88 Å². The van der Waals surface area contributed by atoms with Crippen LogP contribution in [0.5, 0.6) is 0 Å². The molecule has 0 aliphatic carbocycles. The highest BCUT2D eigenvalue weighted by Gasteiger charge is 2.15. The van der Waals surface area contributed by atoms with Crippen molar-refractivity contribution in [3.63, 3.8) is 0 Å². The zero-order chi connectivity index (χ0) is 22.0. The standard InChI is InChI=1S/C19H22Cl2N6O3/c1-24(10-15(28)23-12-5-6-13(20)14(21)9-12)7-4-8-27-18(29)16-17(22-11-25(16)2)26(3)19(27)30/h5-6,9,11H,4,7-8,10H2,1-3H3,(H,23,28). The van der Waals surface area contributed by atoms with Crippen molar-refractivity contribution in [3.05, 3.63) is 55.4 Å². The Kier molecular flexibility index (Phi) is 6.64. The maximum absolute atomic E-state index is 12.7. The fourth-order valence-corrected chi connectivity index (χ4v) is 3.49. The van der Waals surface area contributed by atoms with Crippen LogP contribution in [0.15, 0.2) is 34.1 Å². The summed E-state index contributed by atoms with van der Waals surface area (Å²) < 4.78 is 4.17. The van der Waals surface area contributed by atoms with Gasteiger partial charge in [0, 0.05) is 32.9 Å². The van der Waals surface area contributed by atoms with E-state index >= 15 is 0 Å². The zero-order valence-electron chi connectivity index (χ0n) is 16.9. The largest absolute Gasteiger partial charge is 0.332 e. The van der Waals surface area contributed by atoms with Gasteiger partial charge in [0.15, 0.2) is 11.2 Å². The minimum absolute atomic E-state index is 0.147. The summed E-state index contributed by atoms with van der Waals surface area (Å²) in [5.74, 6) is -0.208. The number of rotatable bonds is 7. The number of fused-ring (bicyclic) bond motifs is 1. The van der Waals surface area contributed by atoms with Crippen molar-refractivity contribution in [1.29, 1.82) is 0 Å². The van der Waals surface area contributed by atoms with Crippen molar-refractivity contribution < 1.29 is 4.79 Å². The minimum atomic E-state index is -0.411. The lowest BCUT2D eigenvalue weighted by molar-refractivity contribution is -0.117. The number of hydrogen-bond donors (Lipinski definition) is 1. The van der Waals surface area contributed by atoms with Gasteiger partial charge in [-0.3, -0.25) is 23.6 Å². The number of hydrogen-bond acceptors (Lipinski definition) is 5. The molecule has 3 aromatic rings. The Hall–Kier alpha value is -2.62. The van der Waals surface area contributed by atoms with Crippen LogP contribution in [0.3, 0.4) is 0 Å². The molecule has 0 fully saturated rings. The average molecular weight is 453 g/mol. The third kappa shape index (κ3) is 4.58. The number of halogens is 2. The van der Waals surface area contributed by atoms with E-state index in [1.165, 1.54) is 15.5 Å². The quantitative estimate of drug-likeness (QED) is 0.588. The SMILES string of the molecule is CN(CCCn1c(=O)c2c(ncn2C)n(C)c1=O)CC(=O)Nc1ccc(Cl)c(Cl)c1. The van der Waals surface area contributed by atoms with Crippen LogP contribution >= 0.6 is 23.2 Å². The van der Waals surface area contributed by atoms with E-state index in [-0.39, 0.29) is 24.6 Å². The first-order chi connectivity index (χ1) is 14.2. The minimum Gasteiger partial charge on any atom is -0.328 e. The third-order valence-corrected chi connectivity index (χ3v) is 5.48. The van der Waals surface area contributed by atoms with Gasteiger partial charge >= 0.3 is 5.69 Å². The molecular weight excluding hydrogens is 431 g/mol. The second-order valence-corrected chi connectivity index (χ2v) is 7.91. The van der Waals surface area contributed by atoms with Gasteiger partial charge in [-0.1, -0.05) is 23.2 Å². The Morgan fingerprint density at radius 2 is 1.93 bits per heavy atom. The molecule has 0 spiro atoms. The van der Waals surface area contributed by atoms with Crippen molar-refractivity contribution >= 4 is 46.0 Å². The number of nitrogens with zero attached hydrogens (tertiary/aromatic N) is 5. The molecule has 3 rings (SSSR count). The molecule has 1 N–H and O–H groups in total. The summed E-state index contributed by atoms with van der Waals surface area (Å²) in [6, 6.07) is 4.86. The molecule has 30 heavy (non-hydrogen) atoms. The van der Waals surface area contributed by atoms with Crippen LogP contribution < -0.4 is 16.6 Å². The van der Waals surface area contributed by atoms with E-state index in [2.05, 4.69) is 10.3 Å². The number of nitrogens with one attached hydrogen (secondary N) is 1. The van der Waals surface area contributed by atoms with Crippen LogP contribution in [0, 0.1) is 0 Å². The second kappa shape index (κ2) is 9.03. The fourth-order valence-electron chi connectivity index (χ4n) is 3.19. The molecular formula is C19H22Cl2N6O3. The number of carbonyl (C=O) groups excluding carboxylic acids is 1. The molecule has 11 heteroatoms. The monoisotopic (exact) mass is 452 g/mol. The van der Waals surface area contributed by atoms with Gasteiger partial charge in [0.05, 0.1) is 22.9 Å². The van der Waals surface area contributed by atoms with E-state index in [0.717, 1.165) is 0 Å². The zero-order valence-corrected chi connectivity index (χ0v) is 18.4. The van der Waals surface area contributed by atoms with E-state index in [0.29, 0.717) is 39.9 Å². The summed E-state index contributed by atoms with van der Waals surface area (Å²) in [6.07, 6.45) is 2.03. The lowest BCUT2D eigenvalue weighted by Gasteiger charge is -2.17. The first-order valence-corrected chi connectivity index (χ1v) is 9.99. The van der Waals surface area contributed by atoms with Crippen molar-refractivity contribution in [2.45, 2.75) is 13.0 Å². The number of aromatic nitrogens is 4. The Balaban J connectivity index is 1.59. The van der Waals surface area contributed by atoms with Crippen LogP contribution in [0.2, 0.25) is 10.0 Å². The van der Waals surface area contributed by atoms with Crippen LogP contribution in [0.4, 0.5) is 5.69 Å². The molecule has 1 aromatic carbocycles. The van der Waals surface area contributed by atoms with Crippen molar-refractivity contribution in [2.24, 2.45) is 14.1 Å².